The van der Waals surface area contributed by atoms with Gasteiger partial charge in [0, 0.05) is 17.7 Å². The van der Waals surface area contributed by atoms with E-state index in [2.05, 4.69) is 18.2 Å². The maximum atomic E-state index is 9.19. The highest BCUT2D eigenvalue weighted by atomic mass is 15.0. The van der Waals surface area contributed by atoms with Gasteiger partial charge in [0.1, 0.15) is 6.07 Å². The zero-order chi connectivity index (χ0) is 10.3. The van der Waals surface area contributed by atoms with Crippen LogP contribution in [0.1, 0.15) is 11.6 Å². The monoisotopic (exact) mass is 193 g/mol. The van der Waals surface area contributed by atoms with Crippen LogP contribution in [0.25, 0.3) is 11.3 Å². The molecule has 1 aromatic heterocycles. The number of hydrogen-bond donors (Lipinski definition) is 0. The minimum absolute atomic E-state index is 0.169. The Morgan fingerprint density at radius 1 is 1.07 bits per heavy atom. The van der Waals surface area contributed by atoms with E-state index in [1.807, 2.05) is 41.1 Å². The smallest absolute Gasteiger partial charge is 0.191 e. The molecule has 70 valence electrons. The van der Waals surface area contributed by atoms with Gasteiger partial charge < -0.3 is 0 Å². The normalized spacial score (nSPS) is 16.6. The molecule has 0 aliphatic carbocycles. The Bertz CT molecular complexity index is 521. The third-order valence-corrected chi connectivity index (χ3v) is 2.82. The molecular formula is C13H9N2+. The van der Waals surface area contributed by atoms with Crippen LogP contribution < -0.4 is 4.57 Å². The third kappa shape index (κ3) is 1.01. The molecule has 0 fully saturated rings. The molecule has 2 heterocycles. The van der Waals surface area contributed by atoms with E-state index >= 15 is 0 Å². The average Bonchev–Trinajstić information content (AvgIpc) is 2.63. The molecule has 3 rings (SSSR count). The van der Waals surface area contributed by atoms with Crippen LogP contribution in [-0.4, -0.2) is 0 Å². The topological polar surface area (TPSA) is 27.7 Å². The Morgan fingerprint density at radius 2 is 1.87 bits per heavy atom. The van der Waals surface area contributed by atoms with E-state index in [4.69, 9.17) is 0 Å². The number of rotatable bonds is 0. The summed E-state index contributed by atoms with van der Waals surface area (Å²) in [6.07, 6.45) is 1.96. The molecule has 0 amide bonds. The van der Waals surface area contributed by atoms with Gasteiger partial charge in [-0.25, -0.2) is 0 Å². The third-order valence-electron chi connectivity index (χ3n) is 2.82. The lowest BCUT2D eigenvalue weighted by molar-refractivity contribution is -0.685. The van der Waals surface area contributed by atoms with Crippen LogP contribution in [0.15, 0.2) is 48.7 Å². The zero-order valence-corrected chi connectivity index (χ0v) is 8.09. The molecule has 0 N–H and O–H groups in total. The molecule has 2 nitrogen and oxygen atoms in total. The van der Waals surface area contributed by atoms with Crippen molar-refractivity contribution in [2.75, 3.05) is 0 Å². The van der Waals surface area contributed by atoms with Crippen LogP contribution in [0.5, 0.6) is 0 Å². The summed E-state index contributed by atoms with van der Waals surface area (Å²) in [6.45, 7) is 0. The van der Waals surface area contributed by atoms with Gasteiger partial charge in [-0.3, -0.25) is 0 Å². The van der Waals surface area contributed by atoms with Gasteiger partial charge in [0.25, 0.3) is 6.04 Å². The van der Waals surface area contributed by atoms with Crippen molar-refractivity contribution < 1.29 is 4.57 Å². The SMILES string of the molecule is N#CC1c2ccccc2-c2cccc[n+]21. The molecule has 0 saturated heterocycles. The molecular weight excluding hydrogens is 184 g/mol. The summed E-state index contributed by atoms with van der Waals surface area (Å²) in [5.41, 5.74) is 3.40. The van der Waals surface area contributed by atoms with E-state index in [1.165, 1.54) is 5.56 Å². The number of nitrogens with zero attached hydrogens (tertiary/aromatic N) is 2. The Kier molecular flexibility index (Phi) is 1.60. The number of hydrogen-bond acceptors (Lipinski definition) is 1. The number of aromatic nitrogens is 1. The predicted octanol–water partition coefficient (Wildman–Crippen LogP) is 2.07. The van der Waals surface area contributed by atoms with Gasteiger partial charge in [-0.05, 0) is 12.1 Å². The summed E-state index contributed by atoms with van der Waals surface area (Å²) in [5, 5.41) is 9.19. The molecule has 0 spiro atoms. The van der Waals surface area contributed by atoms with Gasteiger partial charge in [0.15, 0.2) is 6.20 Å². The van der Waals surface area contributed by atoms with Gasteiger partial charge in [-0.15, -0.1) is 0 Å². The fourth-order valence-electron chi connectivity index (χ4n) is 2.16. The second kappa shape index (κ2) is 2.93. The van der Waals surface area contributed by atoms with Crippen molar-refractivity contribution >= 4 is 0 Å². The minimum Gasteiger partial charge on any atom is -0.191 e. The van der Waals surface area contributed by atoms with Crippen molar-refractivity contribution in [1.82, 2.24) is 0 Å². The van der Waals surface area contributed by atoms with Crippen molar-refractivity contribution in [1.29, 1.82) is 5.26 Å². The lowest BCUT2D eigenvalue weighted by Crippen LogP contribution is -2.36. The van der Waals surface area contributed by atoms with E-state index in [0.29, 0.717) is 0 Å². The number of nitriles is 1. The summed E-state index contributed by atoms with van der Waals surface area (Å²) in [5.74, 6) is 0. The summed E-state index contributed by atoms with van der Waals surface area (Å²) >= 11 is 0. The summed E-state index contributed by atoms with van der Waals surface area (Å²) in [6, 6.07) is 16.3. The quantitative estimate of drug-likeness (QED) is 0.588. The van der Waals surface area contributed by atoms with Crippen molar-refractivity contribution in [3.63, 3.8) is 0 Å². The molecule has 1 unspecified atom stereocenters. The Hall–Kier alpha value is -2.14. The van der Waals surface area contributed by atoms with Gasteiger partial charge in [-0.2, -0.15) is 9.83 Å². The molecule has 2 heteroatoms. The second-order valence-electron chi connectivity index (χ2n) is 3.61. The van der Waals surface area contributed by atoms with Gasteiger partial charge in [-0.1, -0.05) is 18.2 Å². The summed E-state index contributed by atoms with van der Waals surface area (Å²) in [4.78, 5) is 0. The Morgan fingerprint density at radius 3 is 2.73 bits per heavy atom. The summed E-state index contributed by atoms with van der Waals surface area (Å²) < 4.78 is 2.02. The molecule has 0 bridgehead atoms. The van der Waals surface area contributed by atoms with E-state index in [-0.39, 0.29) is 6.04 Å². The number of benzene rings is 1. The van der Waals surface area contributed by atoms with Crippen LogP contribution in [0.4, 0.5) is 0 Å². The van der Waals surface area contributed by atoms with E-state index in [1.54, 1.807) is 0 Å². The Balaban J connectivity index is 2.37. The molecule has 0 radical (unpaired) electrons. The van der Waals surface area contributed by atoms with Gasteiger partial charge >= 0.3 is 0 Å². The van der Waals surface area contributed by atoms with Gasteiger partial charge in [0.05, 0.1) is 5.56 Å². The van der Waals surface area contributed by atoms with Gasteiger partial charge in [0.2, 0.25) is 5.69 Å². The van der Waals surface area contributed by atoms with Crippen LogP contribution in [0.3, 0.4) is 0 Å². The highest BCUT2D eigenvalue weighted by Gasteiger charge is 2.35. The molecule has 1 aromatic carbocycles. The lowest BCUT2D eigenvalue weighted by Gasteiger charge is -1.95. The van der Waals surface area contributed by atoms with Crippen molar-refractivity contribution in [3.8, 4) is 17.3 Å². The first-order chi connectivity index (χ1) is 7.42. The van der Waals surface area contributed by atoms with Crippen LogP contribution in [-0.2, 0) is 0 Å². The first-order valence-electron chi connectivity index (χ1n) is 4.91. The minimum atomic E-state index is -0.169. The first kappa shape index (κ1) is 8.19. The molecule has 1 atom stereocenters. The molecule has 2 aromatic rings. The predicted molar refractivity (Wildman–Crippen MR) is 55.8 cm³/mol. The van der Waals surface area contributed by atoms with Crippen LogP contribution in [0, 0.1) is 11.3 Å². The lowest BCUT2D eigenvalue weighted by atomic mass is 10.0. The molecule has 0 saturated carbocycles. The van der Waals surface area contributed by atoms with Crippen LogP contribution in [0.2, 0.25) is 0 Å². The molecule has 1 aliphatic rings. The Labute approximate surface area is 88.0 Å². The highest BCUT2D eigenvalue weighted by Crippen LogP contribution is 2.32. The van der Waals surface area contributed by atoms with Crippen LogP contribution >= 0.6 is 0 Å². The van der Waals surface area contributed by atoms with Crippen molar-refractivity contribution in [2.24, 2.45) is 0 Å². The van der Waals surface area contributed by atoms with E-state index < -0.39 is 0 Å². The fourth-order valence-corrected chi connectivity index (χ4v) is 2.16. The zero-order valence-electron chi connectivity index (χ0n) is 8.09. The number of fused-ring (bicyclic) bond motifs is 3. The largest absolute Gasteiger partial charge is 0.270 e. The fraction of sp³-hybridized carbons (Fsp3) is 0.0769. The van der Waals surface area contributed by atoms with Crippen molar-refractivity contribution in [2.45, 2.75) is 6.04 Å². The maximum absolute atomic E-state index is 9.19. The van der Waals surface area contributed by atoms with Crippen molar-refractivity contribution in [3.05, 3.63) is 54.2 Å². The standard InChI is InChI=1S/C13H9N2/c14-9-13-11-6-2-1-5-10(11)12-7-3-4-8-15(12)13/h1-8,13H/q+1. The molecule has 15 heavy (non-hydrogen) atoms. The average molecular weight is 193 g/mol. The summed E-state index contributed by atoms with van der Waals surface area (Å²) in [7, 11) is 0. The molecule has 1 aliphatic heterocycles. The first-order valence-corrected chi connectivity index (χ1v) is 4.91. The van der Waals surface area contributed by atoms with E-state index in [9.17, 15) is 5.26 Å². The number of pyridine rings is 1. The second-order valence-corrected chi connectivity index (χ2v) is 3.61. The maximum Gasteiger partial charge on any atom is 0.270 e. The van der Waals surface area contributed by atoms with E-state index in [0.717, 1.165) is 11.3 Å². The highest BCUT2D eigenvalue weighted by molar-refractivity contribution is 5.65.